The van der Waals surface area contributed by atoms with Crippen molar-refractivity contribution in [1.82, 2.24) is 4.31 Å². The first kappa shape index (κ1) is 27.6. The predicted molar refractivity (Wildman–Crippen MR) is 156 cm³/mol. The van der Waals surface area contributed by atoms with Gasteiger partial charge < -0.3 is 9.64 Å². The van der Waals surface area contributed by atoms with Gasteiger partial charge in [0.1, 0.15) is 0 Å². The number of ether oxygens (including phenoxy) is 1. The molecule has 1 heterocycles. The fraction of sp³-hybridized carbons (Fsp3) is 0.250. The molecule has 40 heavy (non-hydrogen) atoms. The summed E-state index contributed by atoms with van der Waals surface area (Å²) in [6, 6.07) is 27.1. The Labute approximate surface area is 235 Å². The van der Waals surface area contributed by atoms with Gasteiger partial charge in [0.2, 0.25) is 10.0 Å². The number of aryl methyl sites for hydroxylation is 1. The summed E-state index contributed by atoms with van der Waals surface area (Å²) < 4.78 is 34.2. The van der Waals surface area contributed by atoms with Crippen molar-refractivity contribution in [2.24, 2.45) is 0 Å². The van der Waals surface area contributed by atoms with Gasteiger partial charge in [-0.25, -0.2) is 8.42 Å². The lowest BCUT2D eigenvalue weighted by atomic mass is 9.92. The molecule has 1 aliphatic rings. The maximum Gasteiger partial charge on any atom is 0.308 e. The number of benzene rings is 4. The van der Waals surface area contributed by atoms with Crippen molar-refractivity contribution >= 4 is 38.4 Å². The van der Waals surface area contributed by atoms with E-state index in [9.17, 15) is 18.0 Å². The Kier molecular flexibility index (Phi) is 8.00. The SMILES string of the molecule is CCN(C(=O)COC(=O)C[C@H]1c2ccccc2CCN1S(=O)(=O)c1ccc(C)cc1)c1cccc2ccccc12. The zero-order chi connectivity index (χ0) is 28.3. The van der Waals surface area contributed by atoms with Gasteiger partial charge in [0.25, 0.3) is 5.91 Å². The number of anilines is 1. The quantitative estimate of drug-likeness (QED) is 0.271. The highest BCUT2D eigenvalue weighted by Crippen LogP contribution is 2.36. The molecule has 0 saturated carbocycles. The zero-order valence-corrected chi connectivity index (χ0v) is 23.4. The summed E-state index contributed by atoms with van der Waals surface area (Å²) in [5, 5.41) is 1.94. The molecule has 7 nitrogen and oxygen atoms in total. The van der Waals surface area contributed by atoms with Crippen molar-refractivity contribution in [2.75, 3.05) is 24.6 Å². The molecule has 0 aliphatic carbocycles. The lowest BCUT2D eigenvalue weighted by Crippen LogP contribution is -2.41. The minimum atomic E-state index is -3.87. The summed E-state index contributed by atoms with van der Waals surface area (Å²) >= 11 is 0. The molecule has 0 aromatic heterocycles. The van der Waals surface area contributed by atoms with Crippen LogP contribution in [0.3, 0.4) is 0 Å². The summed E-state index contributed by atoms with van der Waals surface area (Å²) in [6.45, 7) is 3.98. The van der Waals surface area contributed by atoms with E-state index in [1.807, 2.05) is 80.6 Å². The minimum absolute atomic E-state index is 0.180. The molecule has 0 saturated heterocycles. The summed E-state index contributed by atoms with van der Waals surface area (Å²) in [5.74, 6) is -0.978. The molecule has 4 aromatic carbocycles. The molecule has 0 N–H and O–H groups in total. The summed E-state index contributed by atoms with van der Waals surface area (Å²) in [5.41, 5.74) is 3.48. The van der Waals surface area contributed by atoms with Crippen molar-refractivity contribution in [3.05, 3.63) is 108 Å². The molecule has 0 fully saturated rings. The lowest BCUT2D eigenvalue weighted by molar-refractivity contribution is -0.148. The van der Waals surface area contributed by atoms with E-state index < -0.39 is 28.6 Å². The molecule has 1 atom stereocenters. The normalized spacial score (nSPS) is 15.4. The number of nitrogens with zero attached hydrogens (tertiary/aromatic N) is 2. The second-order valence-electron chi connectivity index (χ2n) is 9.89. The van der Waals surface area contributed by atoms with Crippen molar-refractivity contribution < 1.29 is 22.7 Å². The van der Waals surface area contributed by atoms with E-state index in [4.69, 9.17) is 4.74 Å². The number of hydrogen-bond donors (Lipinski definition) is 0. The van der Waals surface area contributed by atoms with Crippen LogP contribution in [0.4, 0.5) is 5.69 Å². The molecule has 0 radical (unpaired) electrons. The molecule has 0 spiro atoms. The second kappa shape index (κ2) is 11.6. The fourth-order valence-electron chi connectivity index (χ4n) is 5.34. The Bertz CT molecular complexity index is 1640. The van der Waals surface area contributed by atoms with Gasteiger partial charge in [0.05, 0.1) is 23.0 Å². The number of rotatable bonds is 8. The number of likely N-dealkylation sites (N-methyl/N-ethyl adjacent to an activating group) is 1. The molecular weight excluding hydrogens is 524 g/mol. The van der Waals surface area contributed by atoms with Crippen molar-refractivity contribution in [3.8, 4) is 0 Å². The average molecular weight is 557 g/mol. The topological polar surface area (TPSA) is 84.0 Å². The summed E-state index contributed by atoms with van der Waals surface area (Å²) in [6.07, 6.45) is 0.345. The molecule has 0 unspecified atom stereocenters. The van der Waals surface area contributed by atoms with Gasteiger partial charge in [0, 0.05) is 18.5 Å². The van der Waals surface area contributed by atoms with Crippen LogP contribution in [0, 0.1) is 6.92 Å². The number of amides is 1. The first-order valence-corrected chi connectivity index (χ1v) is 14.8. The number of carbonyl (C=O) groups is 2. The number of carbonyl (C=O) groups excluding carboxylic acids is 2. The minimum Gasteiger partial charge on any atom is -0.455 e. The maximum atomic E-state index is 13.7. The monoisotopic (exact) mass is 556 g/mol. The maximum absolute atomic E-state index is 13.7. The predicted octanol–water partition coefficient (Wildman–Crippen LogP) is 5.42. The molecule has 206 valence electrons. The Morgan fingerprint density at radius 3 is 2.40 bits per heavy atom. The van der Waals surface area contributed by atoms with Crippen LogP contribution in [0.15, 0.2) is 95.9 Å². The zero-order valence-electron chi connectivity index (χ0n) is 22.6. The van der Waals surface area contributed by atoms with Crippen LogP contribution in [0.25, 0.3) is 10.8 Å². The molecule has 0 bridgehead atoms. The molecule has 1 amide bonds. The van der Waals surface area contributed by atoms with Gasteiger partial charge >= 0.3 is 5.97 Å². The van der Waals surface area contributed by atoms with E-state index in [1.54, 1.807) is 29.2 Å². The van der Waals surface area contributed by atoms with Gasteiger partial charge in [-0.2, -0.15) is 4.31 Å². The van der Waals surface area contributed by atoms with Gasteiger partial charge in [-0.05, 0) is 55.0 Å². The summed E-state index contributed by atoms with van der Waals surface area (Å²) in [4.78, 5) is 28.1. The number of fused-ring (bicyclic) bond motifs is 2. The van der Waals surface area contributed by atoms with E-state index in [1.165, 1.54) is 4.31 Å². The van der Waals surface area contributed by atoms with Gasteiger partial charge in [-0.1, -0.05) is 78.4 Å². The third-order valence-corrected chi connectivity index (χ3v) is 9.30. The molecule has 4 aromatic rings. The Balaban J connectivity index is 1.35. The first-order chi connectivity index (χ1) is 19.3. The number of sulfonamides is 1. The van der Waals surface area contributed by atoms with Crippen LogP contribution in [-0.2, 0) is 30.8 Å². The van der Waals surface area contributed by atoms with Crippen LogP contribution in [-0.4, -0.2) is 44.3 Å². The Morgan fingerprint density at radius 1 is 0.925 bits per heavy atom. The Hall–Kier alpha value is -4.01. The van der Waals surface area contributed by atoms with E-state index in [2.05, 4.69) is 0 Å². The highest BCUT2D eigenvalue weighted by Gasteiger charge is 2.38. The first-order valence-electron chi connectivity index (χ1n) is 13.4. The highest BCUT2D eigenvalue weighted by molar-refractivity contribution is 7.89. The van der Waals surface area contributed by atoms with E-state index in [0.717, 1.165) is 33.2 Å². The van der Waals surface area contributed by atoms with Crippen LogP contribution in [0.1, 0.15) is 36.1 Å². The summed E-state index contributed by atoms with van der Waals surface area (Å²) in [7, 11) is -3.87. The van der Waals surface area contributed by atoms with E-state index >= 15 is 0 Å². The molecule has 8 heteroatoms. The third-order valence-electron chi connectivity index (χ3n) is 7.38. The third kappa shape index (κ3) is 5.50. The largest absolute Gasteiger partial charge is 0.455 e. The van der Waals surface area contributed by atoms with E-state index in [0.29, 0.717) is 13.0 Å². The van der Waals surface area contributed by atoms with Gasteiger partial charge in [-0.15, -0.1) is 0 Å². The van der Waals surface area contributed by atoms with Crippen LogP contribution in [0.2, 0.25) is 0 Å². The average Bonchev–Trinajstić information content (AvgIpc) is 2.97. The molecular formula is C32H32N2O5S. The smallest absolute Gasteiger partial charge is 0.308 e. The molecule has 1 aliphatic heterocycles. The second-order valence-corrected chi connectivity index (χ2v) is 11.8. The number of hydrogen-bond acceptors (Lipinski definition) is 5. The van der Waals surface area contributed by atoms with Gasteiger partial charge in [-0.3, -0.25) is 9.59 Å². The van der Waals surface area contributed by atoms with Crippen molar-refractivity contribution in [3.63, 3.8) is 0 Å². The van der Waals surface area contributed by atoms with Crippen LogP contribution >= 0.6 is 0 Å². The van der Waals surface area contributed by atoms with Crippen molar-refractivity contribution in [1.29, 1.82) is 0 Å². The molecule has 5 rings (SSSR count). The highest BCUT2D eigenvalue weighted by atomic mass is 32.2. The standard InChI is InChI=1S/C32H32N2O5S/c1-3-33(29-14-8-11-24-9-4-6-12-27(24)29)31(35)22-39-32(36)21-30-28-13-7-5-10-25(28)19-20-34(30)40(37,38)26-17-15-23(2)16-18-26/h4-18,30H,3,19-22H2,1-2H3/t30-/m0/s1. The van der Waals surface area contributed by atoms with Crippen LogP contribution < -0.4 is 4.90 Å². The van der Waals surface area contributed by atoms with E-state index in [-0.39, 0.29) is 23.8 Å². The lowest BCUT2D eigenvalue weighted by Gasteiger charge is -2.36. The van der Waals surface area contributed by atoms with Crippen molar-refractivity contribution in [2.45, 2.75) is 37.6 Å². The fourth-order valence-corrected chi connectivity index (χ4v) is 6.94. The van der Waals surface area contributed by atoms with Gasteiger partial charge in [0.15, 0.2) is 6.61 Å². The number of esters is 1. The Morgan fingerprint density at radius 2 is 1.62 bits per heavy atom. The van der Waals surface area contributed by atoms with Crippen LogP contribution in [0.5, 0.6) is 0 Å².